The SMILES string of the molecule is N#CCC1(CSc2ccc(C(F)(F)F)cc2N)CC1. The van der Waals surface area contributed by atoms with E-state index in [9.17, 15) is 13.2 Å². The van der Waals surface area contributed by atoms with E-state index in [1.165, 1.54) is 17.8 Å². The van der Waals surface area contributed by atoms with Gasteiger partial charge in [0.15, 0.2) is 0 Å². The summed E-state index contributed by atoms with van der Waals surface area (Å²) in [6, 6.07) is 5.57. The molecular formula is C13H13F3N2S. The summed E-state index contributed by atoms with van der Waals surface area (Å²) < 4.78 is 37.5. The smallest absolute Gasteiger partial charge is 0.398 e. The Labute approximate surface area is 113 Å². The van der Waals surface area contributed by atoms with E-state index >= 15 is 0 Å². The highest BCUT2D eigenvalue weighted by Gasteiger charge is 2.42. The Morgan fingerprint density at radius 3 is 2.53 bits per heavy atom. The predicted octanol–water partition coefficient (Wildman–Crippen LogP) is 4.07. The average Bonchev–Trinajstić information content (AvgIpc) is 3.07. The lowest BCUT2D eigenvalue weighted by Gasteiger charge is -2.13. The van der Waals surface area contributed by atoms with E-state index in [4.69, 9.17) is 11.0 Å². The standard InChI is InChI=1S/C13H13F3N2S/c14-13(15,16)9-1-2-11(10(18)7-9)19-8-12(3-4-12)5-6-17/h1-2,7H,3-5,8,18H2. The number of hydrogen-bond donors (Lipinski definition) is 1. The average molecular weight is 286 g/mol. The summed E-state index contributed by atoms with van der Waals surface area (Å²) in [5.74, 6) is 0.732. The van der Waals surface area contributed by atoms with Crippen LogP contribution in [0, 0.1) is 16.7 Å². The molecule has 1 aliphatic carbocycles. The third-order valence-corrected chi connectivity index (χ3v) is 4.72. The van der Waals surface area contributed by atoms with Gasteiger partial charge < -0.3 is 5.73 Å². The van der Waals surface area contributed by atoms with Crippen LogP contribution in [0.2, 0.25) is 0 Å². The van der Waals surface area contributed by atoms with Crippen LogP contribution in [0.3, 0.4) is 0 Å². The zero-order valence-electron chi connectivity index (χ0n) is 10.1. The summed E-state index contributed by atoms with van der Waals surface area (Å²) in [5.41, 5.74) is 5.12. The van der Waals surface area contributed by atoms with Gasteiger partial charge in [0, 0.05) is 22.8 Å². The zero-order chi connectivity index (χ0) is 14.1. The largest absolute Gasteiger partial charge is 0.416 e. The van der Waals surface area contributed by atoms with Crippen LogP contribution < -0.4 is 5.73 Å². The highest BCUT2D eigenvalue weighted by molar-refractivity contribution is 7.99. The fraction of sp³-hybridized carbons (Fsp3) is 0.462. The van der Waals surface area contributed by atoms with Crippen molar-refractivity contribution in [2.24, 2.45) is 5.41 Å². The van der Waals surface area contributed by atoms with Gasteiger partial charge >= 0.3 is 6.18 Å². The molecule has 6 heteroatoms. The minimum absolute atomic E-state index is 0.0502. The fourth-order valence-corrected chi connectivity index (χ4v) is 3.05. The van der Waals surface area contributed by atoms with Crippen LogP contribution in [0.25, 0.3) is 0 Å². The van der Waals surface area contributed by atoms with E-state index in [-0.39, 0.29) is 11.1 Å². The lowest BCUT2D eigenvalue weighted by atomic mass is 10.1. The quantitative estimate of drug-likeness (QED) is 0.670. The first-order valence-electron chi connectivity index (χ1n) is 5.83. The van der Waals surface area contributed by atoms with Gasteiger partial charge in [0.25, 0.3) is 0 Å². The number of nitrogens with two attached hydrogens (primary N) is 1. The minimum Gasteiger partial charge on any atom is -0.398 e. The van der Waals surface area contributed by atoms with Crippen molar-refractivity contribution in [3.05, 3.63) is 23.8 Å². The van der Waals surface area contributed by atoms with Crippen LogP contribution in [0.4, 0.5) is 18.9 Å². The Morgan fingerprint density at radius 2 is 2.05 bits per heavy atom. The molecule has 0 aromatic heterocycles. The molecule has 0 unspecified atom stereocenters. The topological polar surface area (TPSA) is 49.8 Å². The summed E-state index contributed by atoms with van der Waals surface area (Å²) in [4.78, 5) is 0.650. The van der Waals surface area contributed by atoms with Crippen molar-refractivity contribution in [1.82, 2.24) is 0 Å². The molecule has 2 N–H and O–H groups in total. The summed E-state index contributed by atoms with van der Waals surface area (Å²) in [6.45, 7) is 0. The van der Waals surface area contributed by atoms with Crippen molar-refractivity contribution in [2.75, 3.05) is 11.5 Å². The number of nitrogen functional groups attached to an aromatic ring is 1. The maximum Gasteiger partial charge on any atom is 0.416 e. The van der Waals surface area contributed by atoms with Crippen LogP contribution in [0.5, 0.6) is 0 Å². The zero-order valence-corrected chi connectivity index (χ0v) is 10.9. The Balaban J connectivity index is 2.04. The van der Waals surface area contributed by atoms with E-state index in [1.54, 1.807) is 0 Å². The molecule has 1 saturated carbocycles. The van der Waals surface area contributed by atoms with E-state index in [0.717, 1.165) is 30.7 Å². The number of halogens is 3. The first kappa shape index (κ1) is 14.1. The molecule has 0 heterocycles. The Bertz CT molecular complexity index is 516. The Hall–Kier alpha value is -1.35. The second kappa shape index (κ2) is 4.97. The first-order valence-corrected chi connectivity index (χ1v) is 6.81. The minimum atomic E-state index is -4.37. The predicted molar refractivity (Wildman–Crippen MR) is 68.5 cm³/mol. The molecule has 0 amide bonds. The fourth-order valence-electron chi connectivity index (χ4n) is 1.80. The summed E-state index contributed by atoms with van der Waals surface area (Å²) in [5, 5.41) is 8.71. The van der Waals surface area contributed by atoms with Gasteiger partial charge in [-0.25, -0.2) is 0 Å². The van der Waals surface area contributed by atoms with E-state index in [1.807, 2.05) is 0 Å². The van der Waals surface area contributed by atoms with E-state index in [0.29, 0.717) is 11.3 Å². The summed E-state index contributed by atoms with van der Waals surface area (Å²) in [7, 11) is 0. The number of thioether (sulfide) groups is 1. The summed E-state index contributed by atoms with van der Waals surface area (Å²) >= 11 is 1.43. The number of anilines is 1. The summed E-state index contributed by atoms with van der Waals surface area (Å²) in [6.07, 6.45) is -1.85. The van der Waals surface area contributed by atoms with Crippen molar-refractivity contribution in [3.8, 4) is 6.07 Å². The number of nitriles is 1. The molecule has 0 spiro atoms. The van der Waals surface area contributed by atoms with Crippen LogP contribution in [0.15, 0.2) is 23.1 Å². The van der Waals surface area contributed by atoms with Gasteiger partial charge in [-0.3, -0.25) is 0 Å². The Morgan fingerprint density at radius 1 is 1.37 bits per heavy atom. The molecule has 2 rings (SSSR count). The van der Waals surface area contributed by atoms with Gasteiger partial charge in [0.1, 0.15) is 0 Å². The third-order valence-electron chi connectivity index (χ3n) is 3.28. The van der Waals surface area contributed by atoms with Gasteiger partial charge in [0.2, 0.25) is 0 Å². The number of nitrogens with zero attached hydrogens (tertiary/aromatic N) is 1. The second-order valence-electron chi connectivity index (χ2n) is 4.87. The number of benzene rings is 1. The molecule has 0 aliphatic heterocycles. The molecule has 1 aliphatic rings. The number of alkyl halides is 3. The van der Waals surface area contributed by atoms with Gasteiger partial charge in [-0.15, -0.1) is 11.8 Å². The van der Waals surface area contributed by atoms with Crippen molar-refractivity contribution in [3.63, 3.8) is 0 Å². The number of hydrogen-bond acceptors (Lipinski definition) is 3. The molecule has 0 radical (unpaired) electrons. The molecule has 102 valence electrons. The number of rotatable bonds is 4. The molecule has 0 saturated heterocycles. The lowest BCUT2D eigenvalue weighted by Crippen LogP contribution is -2.07. The second-order valence-corrected chi connectivity index (χ2v) is 5.89. The molecule has 0 atom stereocenters. The van der Waals surface area contributed by atoms with E-state index in [2.05, 4.69) is 6.07 Å². The molecule has 0 bridgehead atoms. The van der Waals surface area contributed by atoms with E-state index < -0.39 is 11.7 Å². The third kappa shape index (κ3) is 3.35. The highest BCUT2D eigenvalue weighted by atomic mass is 32.2. The molecule has 1 fully saturated rings. The van der Waals surface area contributed by atoms with Gasteiger partial charge in [-0.05, 0) is 36.5 Å². The van der Waals surface area contributed by atoms with Crippen LogP contribution >= 0.6 is 11.8 Å². The molecule has 2 nitrogen and oxygen atoms in total. The van der Waals surface area contributed by atoms with Crippen LogP contribution in [-0.2, 0) is 6.18 Å². The molecule has 19 heavy (non-hydrogen) atoms. The van der Waals surface area contributed by atoms with Gasteiger partial charge in [0.05, 0.1) is 11.6 Å². The lowest BCUT2D eigenvalue weighted by molar-refractivity contribution is -0.137. The first-order chi connectivity index (χ1) is 8.86. The van der Waals surface area contributed by atoms with Crippen molar-refractivity contribution < 1.29 is 13.2 Å². The van der Waals surface area contributed by atoms with Crippen molar-refractivity contribution in [2.45, 2.75) is 30.3 Å². The van der Waals surface area contributed by atoms with Gasteiger partial charge in [-0.1, -0.05) is 0 Å². The maximum atomic E-state index is 12.5. The van der Waals surface area contributed by atoms with Gasteiger partial charge in [-0.2, -0.15) is 18.4 Å². The monoisotopic (exact) mass is 286 g/mol. The van der Waals surface area contributed by atoms with Crippen LogP contribution in [-0.4, -0.2) is 5.75 Å². The Kier molecular flexibility index (Phi) is 3.68. The molecular weight excluding hydrogens is 273 g/mol. The van der Waals surface area contributed by atoms with Crippen molar-refractivity contribution in [1.29, 1.82) is 5.26 Å². The molecule has 1 aromatic carbocycles. The van der Waals surface area contributed by atoms with Crippen LogP contribution in [0.1, 0.15) is 24.8 Å². The molecule has 1 aromatic rings. The maximum absolute atomic E-state index is 12.5. The van der Waals surface area contributed by atoms with Crippen molar-refractivity contribution >= 4 is 17.4 Å². The highest BCUT2D eigenvalue weighted by Crippen LogP contribution is 2.52. The normalized spacial score (nSPS) is 16.9.